The Balaban J connectivity index is 1.63. The molecule has 2 aliphatic heterocycles. The van der Waals surface area contributed by atoms with E-state index in [0.717, 1.165) is 12.2 Å². The van der Waals surface area contributed by atoms with Gasteiger partial charge in [0.1, 0.15) is 11.9 Å². The number of hydrazone groups is 1. The minimum absolute atomic E-state index is 0.165. The summed E-state index contributed by atoms with van der Waals surface area (Å²) in [6.45, 7) is 2.52. The van der Waals surface area contributed by atoms with E-state index in [1.54, 1.807) is 17.1 Å². The van der Waals surface area contributed by atoms with Gasteiger partial charge in [-0.05, 0) is 18.2 Å². The summed E-state index contributed by atoms with van der Waals surface area (Å²) in [6.07, 6.45) is 0.196. The lowest BCUT2D eigenvalue weighted by atomic mass is 10.2. The largest absolute Gasteiger partial charge is 0.366 e. The summed E-state index contributed by atoms with van der Waals surface area (Å²) >= 11 is 11.9. The van der Waals surface area contributed by atoms with Gasteiger partial charge in [-0.15, -0.1) is 0 Å². The Morgan fingerprint density at radius 3 is 3.00 bits per heavy atom. The Morgan fingerprint density at radius 1 is 1.41 bits per heavy atom. The number of nitrogens with one attached hydrogen (secondary N) is 2. The highest BCUT2D eigenvalue weighted by Crippen LogP contribution is 2.28. The lowest BCUT2D eigenvalue weighted by Gasteiger charge is -2.22. The SMILES string of the molecule is O=C(NC1=NN(c2ccc(Cl)c(Cl)c2)CC1)[C@@H]1CNCCO1. The molecule has 0 spiro atoms. The average molecular weight is 343 g/mol. The van der Waals surface area contributed by atoms with E-state index in [2.05, 4.69) is 15.7 Å². The van der Waals surface area contributed by atoms with Gasteiger partial charge < -0.3 is 15.4 Å². The Bertz CT molecular complexity index is 603. The van der Waals surface area contributed by atoms with E-state index in [1.807, 2.05) is 6.07 Å². The van der Waals surface area contributed by atoms with E-state index in [-0.39, 0.29) is 5.91 Å². The summed E-state index contributed by atoms with van der Waals surface area (Å²) in [5, 5.41) is 13.1. The molecule has 2 aliphatic rings. The molecule has 8 heteroatoms. The van der Waals surface area contributed by atoms with Crippen molar-refractivity contribution in [2.24, 2.45) is 5.10 Å². The third-order valence-electron chi connectivity index (χ3n) is 3.49. The second kappa shape index (κ2) is 6.83. The molecule has 0 bridgehead atoms. The van der Waals surface area contributed by atoms with E-state index in [9.17, 15) is 4.79 Å². The maximum atomic E-state index is 12.1. The van der Waals surface area contributed by atoms with E-state index in [1.165, 1.54) is 0 Å². The summed E-state index contributed by atoms with van der Waals surface area (Å²) in [5.74, 6) is 0.465. The predicted octanol–water partition coefficient (Wildman–Crippen LogP) is 1.62. The highest BCUT2D eigenvalue weighted by Gasteiger charge is 2.25. The fourth-order valence-corrected chi connectivity index (χ4v) is 2.63. The van der Waals surface area contributed by atoms with Crippen LogP contribution in [0.15, 0.2) is 23.3 Å². The number of amides is 1. The quantitative estimate of drug-likeness (QED) is 0.857. The van der Waals surface area contributed by atoms with Crippen molar-refractivity contribution < 1.29 is 9.53 Å². The molecule has 1 aromatic rings. The van der Waals surface area contributed by atoms with E-state index < -0.39 is 6.10 Å². The number of benzene rings is 1. The van der Waals surface area contributed by atoms with Gasteiger partial charge in [0.15, 0.2) is 0 Å². The van der Waals surface area contributed by atoms with Crippen molar-refractivity contribution >= 4 is 40.6 Å². The second-order valence-corrected chi connectivity index (χ2v) is 5.89. The van der Waals surface area contributed by atoms with Crippen molar-refractivity contribution in [2.75, 3.05) is 31.3 Å². The number of morpholine rings is 1. The normalized spacial score (nSPS) is 21.6. The highest BCUT2D eigenvalue weighted by molar-refractivity contribution is 6.42. The summed E-state index contributed by atoms with van der Waals surface area (Å²) in [7, 11) is 0. The first-order valence-corrected chi connectivity index (χ1v) is 7.82. The van der Waals surface area contributed by atoms with Crippen LogP contribution in [0, 0.1) is 0 Å². The zero-order valence-corrected chi connectivity index (χ0v) is 13.3. The molecule has 0 radical (unpaired) electrons. The molecule has 22 heavy (non-hydrogen) atoms. The highest BCUT2D eigenvalue weighted by atomic mass is 35.5. The van der Waals surface area contributed by atoms with Gasteiger partial charge in [0.2, 0.25) is 0 Å². The molecular weight excluding hydrogens is 327 g/mol. The number of ether oxygens (including phenoxy) is 1. The van der Waals surface area contributed by atoms with Gasteiger partial charge in [0, 0.05) is 26.1 Å². The topological polar surface area (TPSA) is 66.0 Å². The van der Waals surface area contributed by atoms with Gasteiger partial charge in [0.05, 0.1) is 22.3 Å². The van der Waals surface area contributed by atoms with E-state index in [4.69, 9.17) is 27.9 Å². The van der Waals surface area contributed by atoms with Crippen molar-refractivity contribution in [3.63, 3.8) is 0 Å². The summed E-state index contributed by atoms with van der Waals surface area (Å²) in [6, 6.07) is 5.33. The van der Waals surface area contributed by atoms with Crippen LogP contribution < -0.4 is 15.6 Å². The molecule has 1 atom stereocenters. The lowest BCUT2D eigenvalue weighted by Crippen LogP contribution is -2.49. The van der Waals surface area contributed by atoms with E-state index in [0.29, 0.717) is 42.0 Å². The average Bonchev–Trinajstić information content (AvgIpc) is 2.99. The molecule has 118 valence electrons. The monoisotopic (exact) mass is 342 g/mol. The van der Waals surface area contributed by atoms with Crippen LogP contribution in [0.3, 0.4) is 0 Å². The number of anilines is 1. The number of carbonyl (C=O) groups is 1. The standard InChI is InChI=1S/C14H16Cl2N4O2/c15-10-2-1-9(7-11(10)16)20-5-3-13(19-20)18-14(21)12-8-17-4-6-22-12/h1-2,7,12,17H,3-6,8H2,(H,18,19,21)/t12-/m0/s1. The number of halogens is 2. The molecule has 0 saturated carbocycles. The van der Waals surface area contributed by atoms with Crippen LogP contribution in [0.5, 0.6) is 0 Å². The molecule has 2 heterocycles. The van der Waals surface area contributed by atoms with Gasteiger partial charge >= 0.3 is 0 Å². The van der Waals surface area contributed by atoms with Gasteiger partial charge in [-0.1, -0.05) is 23.2 Å². The molecule has 3 rings (SSSR count). The molecule has 2 N–H and O–H groups in total. The van der Waals surface area contributed by atoms with Gasteiger partial charge in [-0.3, -0.25) is 9.80 Å². The number of rotatable bonds is 2. The van der Waals surface area contributed by atoms with Crippen LogP contribution in [0.25, 0.3) is 0 Å². The predicted molar refractivity (Wildman–Crippen MR) is 86.6 cm³/mol. The Morgan fingerprint density at radius 2 is 2.27 bits per heavy atom. The molecule has 0 aromatic heterocycles. The minimum Gasteiger partial charge on any atom is -0.366 e. The maximum Gasteiger partial charge on any atom is 0.255 e. The molecule has 6 nitrogen and oxygen atoms in total. The number of hydrogen-bond donors (Lipinski definition) is 2. The third kappa shape index (κ3) is 3.52. The Labute approximate surface area is 138 Å². The molecule has 0 unspecified atom stereocenters. The maximum absolute atomic E-state index is 12.1. The minimum atomic E-state index is -0.463. The third-order valence-corrected chi connectivity index (χ3v) is 4.23. The van der Waals surface area contributed by atoms with Crippen molar-refractivity contribution in [1.29, 1.82) is 0 Å². The van der Waals surface area contributed by atoms with E-state index >= 15 is 0 Å². The fraction of sp³-hybridized carbons (Fsp3) is 0.429. The van der Waals surface area contributed by atoms with Crippen molar-refractivity contribution in [1.82, 2.24) is 10.6 Å². The summed E-state index contributed by atoms with van der Waals surface area (Å²) < 4.78 is 5.42. The van der Waals surface area contributed by atoms with Crippen LogP contribution in [0.2, 0.25) is 10.0 Å². The van der Waals surface area contributed by atoms with Crippen LogP contribution in [-0.2, 0) is 9.53 Å². The molecule has 1 saturated heterocycles. The second-order valence-electron chi connectivity index (χ2n) is 5.07. The Hall–Kier alpha value is -1.34. The van der Waals surface area contributed by atoms with Gasteiger partial charge in [-0.2, -0.15) is 5.10 Å². The zero-order chi connectivity index (χ0) is 15.5. The lowest BCUT2D eigenvalue weighted by molar-refractivity contribution is -0.132. The van der Waals surface area contributed by atoms with Gasteiger partial charge in [-0.25, -0.2) is 0 Å². The Kier molecular flexibility index (Phi) is 4.83. The van der Waals surface area contributed by atoms with Crippen LogP contribution in [0.1, 0.15) is 6.42 Å². The summed E-state index contributed by atoms with van der Waals surface area (Å²) in [5.41, 5.74) is 0.842. The molecule has 1 aromatic carbocycles. The van der Waals surface area contributed by atoms with Crippen molar-refractivity contribution in [3.05, 3.63) is 28.2 Å². The van der Waals surface area contributed by atoms with Gasteiger partial charge in [0.25, 0.3) is 5.91 Å². The van der Waals surface area contributed by atoms with Crippen LogP contribution in [0.4, 0.5) is 5.69 Å². The van der Waals surface area contributed by atoms with Crippen LogP contribution >= 0.6 is 23.2 Å². The number of amidine groups is 1. The first-order valence-electron chi connectivity index (χ1n) is 7.07. The first-order chi connectivity index (χ1) is 10.6. The molecular formula is C14H16Cl2N4O2. The van der Waals surface area contributed by atoms with Crippen LogP contribution in [-0.4, -0.2) is 44.1 Å². The summed E-state index contributed by atoms with van der Waals surface area (Å²) in [4.78, 5) is 12.1. The van der Waals surface area contributed by atoms with Crippen molar-refractivity contribution in [2.45, 2.75) is 12.5 Å². The molecule has 0 aliphatic carbocycles. The number of hydrogen-bond acceptors (Lipinski definition) is 5. The smallest absolute Gasteiger partial charge is 0.255 e. The number of nitrogens with zero attached hydrogens (tertiary/aromatic N) is 2. The number of carbonyl (C=O) groups excluding carboxylic acids is 1. The first kappa shape index (κ1) is 15.6. The van der Waals surface area contributed by atoms with Crippen molar-refractivity contribution in [3.8, 4) is 0 Å². The molecule has 1 fully saturated rings. The zero-order valence-electron chi connectivity index (χ0n) is 11.8. The fourth-order valence-electron chi connectivity index (χ4n) is 2.33. The molecule has 1 amide bonds.